The topological polar surface area (TPSA) is 98.7 Å². The number of hydrogen-bond donors (Lipinski definition) is 3. The minimum Gasteiger partial charge on any atom is -0.478 e. The van der Waals surface area contributed by atoms with Gasteiger partial charge in [0.25, 0.3) is 0 Å². The zero-order valence-corrected chi connectivity index (χ0v) is 13.0. The van der Waals surface area contributed by atoms with Crippen molar-refractivity contribution < 1.29 is 19.5 Å². The summed E-state index contributed by atoms with van der Waals surface area (Å²) in [6.07, 6.45) is 0. The Morgan fingerprint density at radius 2 is 2.05 bits per heavy atom. The quantitative estimate of drug-likeness (QED) is 0.744. The highest BCUT2D eigenvalue weighted by Gasteiger charge is 2.17. The van der Waals surface area contributed by atoms with E-state index in [1.807, 2.05) is 13.8 Å². The van der Waals surface area contributed by atoms with Gasteiger partial charge in [-0.1, -0.05) is 13.8 Å². The van der Waals surface area contributed by atoms with Crippen molar-refractivity contribution in [2.45, 2.75) is 13.8 Å². The zero-order valence-electron chi connectivity index (χ0n) is 12.2. The second kappa shape index (κ2) is 7.63. The Hall–Kier alpha value is -2.09. The molecular formula is C13H19N3O4S. The number of nitrogens with zero attached hydrogens (tertiary/aromatic N) is 1. The molecule has 0 aromatic carbocycles. The van der Waals surface area contributed by atoms with Gasteiger partial charge in [0.15, 0.2) is 0 Å². The summed E-state index contributed by atoms with van der Waals surface area (Å²) in [5.41, 5.74) is 0.0333. The first-order valence-electron chi connectivity index (χ1n) is 6.40. The Kier molecular flexibility index (Phi) is 6.16. The van der Waals surface area contributed by atoms with Crippen LogP contribution in [0.3, 0.4) is 0 Å². The summed E-state index contributed by atoms with van der Waals surface area (Å²) in [5, 5.41) is 16.0. The summed E-state index contributed by atoms with van der Waals surface area (Å²) in [4.78, 5) is 35.7. The number of carboxylic acids is 1. The molecule has 7 nitrogen and oxygen atoms in total. The van der Waals surface area contributed by atoms with Gasteiger partial charge < -0.3 is 15.3 Å². The van der Waals surface area contributed by atoms with Crippen molar-refractivity contribution in [3.8, 4) is 0 Å². The van der Waals surface area contributed by atoms with Crippen molar-refractivity contribution in [2.75, 3.05) is 25.5 Å². The van der Waals surface area contributed by atoms with E-state index in [2.05, 4.69) is 10.6 Å². The molecule has 3 amide bonds. The number of aromatic carboxylic acids is 1. The fourth-order valence-electron chi connectivity index (χ4n) is 1.43. The molecule has 0 aliphatic heterocycles. The maximum Gasteiger partial charge on any atom is 0.338 e. The third-order valence-electron chi connectivity index (χ3n) is 2.55. The average Bonchev–Trinajstić information content (AvgIpc) is 2.84. The minimum atomic E-state index is -1.11. The van der Waals surface area contributed by atoms with Crippen LogP contribution in [0.25, 0.3) is 0 Å². The number of nitrogens with one attached hydrogen (secondary N) is 2. The third kappa shape index (κ3) is 5.42. The molecule has 0 unspecified atom stereocenters. The first kappa shape index (κ1) is 17.0. The molecule has 0 radical (unpaired) electrons. The molecule has 0 aliphatic carbocycles. The van der Waals surface area contributed by atoms with Crippen LogP contribution >= 0.6 is 11.3 Å². The van der Waals surface area contributed by atoms with E-state index in [1.165, 1.54) is 18.0 Å². The Labute approximate surface area is 126 Å². The van der Waals surface area contributed by atoms with E-state index in [9.17, 15) is 14.4 Å². The van der Waals surface area contributed by atoms with Crippen LogP contribution in [0.1, 0.15) is 24.2 Å². The molecule has 0 bridgehead atoms. The van der Waals surface area contributed by atoms with E-state index in [4.69, 9.17) is 5.11 Å². The lowest BCUT2D eigenvalue weighted by molar-refractivity contribution is -0.121. The van der Waals surface area contributed by atoms with Gasteiger partial charge in [0.05, 0.1) is 5.56 Å². The van der Waals surface area contributed by atoms with Crippen molar-refractivity contribution in [2.24, 2.45) is 5.92 Å². The van der Waals surface area contributed by atoms with E-state index < -0.39 is 12.0 Å². The lowest BCUT2D eigenvalue weighted by Crippen LogP contribution is -2.41. The van der Waals surface area contributed by atoms with Gasteiger partial charge >= 0.3 is 12.0 Å². The molecule has 1 aromatic rings. The number of urea groups is 1. The van der Waals surface area contributed by atoms with Crippen molar-refractivity contribution in [3.05, 3.63) is 17.0 Å². The molecule has 0 spiro atoms. The maximum atomic E-state index is 11.9. The van der Waals surface area contributed by atoms with Gasteiger partial charge in [-0.15, -0.1) is 11.3 Å². The van der Waals surface area contributed by atoms with Crippen LogP contribution in [-0.4, -0.2) is 48.1 Å². The van der Waals surface area contributed by atoms with E-state index in [-0.39, 0.29) is 23.0 Å². The van der Waals surface area contributed by atoms with Crippen LogP contribution in [0.4, 0.5) is 9.80 Å². The monoisotopic (exact) mass is 313 g/mol. The molecule has 1 heterocycles. The Morgan fingerprint density at radius 1 is 1.38 bits per heavy atom. The molecule has 116 valence electrons. The highest BCUT2D eigenvalue weighted by atomic mass is 32.1. The van der Waals surface area contributed by atoms with E-state index >= 15 is 0 Å². The molecule has 0 atom stereocenters. The predicted molar refractivity (Wildman–Crippen MR) is 80.8 cm³/mol. The summed E-state index contributed by atoms with van der Waals surface area (Å²) in [6.45, 7) is 4.40. The van der Waals surface area contributed by atoms with Crippen LogP contribution in [0.2, 0.25) is 0 Å². The van der Waals surface area contributed by atoms with Crippen LogP contribution in [0, 0.1) is 5.92 Å². The number of carboxylic acid groups (broad SMARTS) is 1. The normalized spacial score (nSPS) is 10.3. The van der Waals surface area contributed by atoms with Crippen molar-refractivity contribution >= 4 is 34.2 Å². The molecule has 0 saturated heterocycles. The minimum absolute atomic E-state index is 0.0333. The van der Waals surface area contributed by atoms with Crippen molar-refractivity contribution in [3.63, 3.8) is 0 Å². The number of amides is 3. The largest absolute Gasteiger partial charge is 0.478 e. The van der Waals surface area contributed by atoms with E-state index in [0.29, 0.717) is 12.5 Å². The van der Waals surface area contributed by atoms with Crippen LogP contribution in [0.15, 0.2) is 11.4 Å². The molecule has 0 fully saturated rings. The number of rotatable bonds is 6. The number of likely N-dealkylation sites (N-methyl/N-ethyl adjacent to an activating group) is 1. The second-order valence-corrected chi connectivity index (χ2v) is 5.87. The number of carbonyl (C=O) groups excluding carboxylic acids is 2. The van der Waals surface area contributed by atoms with Crippen molar-refractivity contribution in [1.29, 1.82) is 0 Å². The highest BCUT2D eigenvalue weighted by Crippen LogP contribution is 2.23. The molecule has 1 aromatic heterocycles. The van der Waals surface area contributed by atoms with Crippen LogP contribution < -0.4 is 10.6 Å². The van der Waals surface area contributed by atoms with Crippen LogP contribution in [0.5, 0.6) is 0 Å². The number of thiophene rings is 1. The van der Waals surface area contributed by atoms with Gasteiger partial charge in [0.2, 0.25) is 5.91 Å². The summed E-state index contributed by atoms with van der Waals surface area (Å²) < 4.78 is 0. The fourth-order valence-corrected chi connectivity index (χ4v) is 2.20. The molecule has 1 rings (SSSR count). The van der Waals surface area contributed by atoms with Gasteiger partial charge in [0, 0.05) is 13.6 Å². The van der Waals surface area contributed by atoms with Gasteiger partial charge in [-0.05, 0) is 17.4 Å². The van der Waals surface area contributed by atoms with Gasteiger partial charge in [-0.3, -0.25) is 10.1 Å². The number of anilines is 1. The summed E-state index contributed by atoms with van der Waals surface area (Å²) >= 11 is 1.12. The predicted octanol–water partition coefficient (Wildman–Crippen LogP) is 1.68. The second-order valence-electron chi connectivity index (χ2n) is 4.95. The molecule has 8 heteroatoms. The molecular weight excluding hydrogens is 294 g/mol. The first-order valence-corrected chi connectivity index (χ1v) is 7.28. The van der Waals surface area contributed by atoms with Crippen molar-refractivity contribution in [1.82, 2.24) is 10.2 Å². The number of hydrogen-bond acceptors (Lipinski definition) is 4. The SMILES string of the molecule is CC(C)CNC(=O)CN(C)C(=O)Nc1sccc1C(=O)O. The standard InChI is InChI=1S/C13H19N3O4S/c1-8(2)6-14-10(17)7-16(3)13(20)15-11-9(12(18)19)4-5-21-11/h4-5,8H,6-7H2,1-3H3,(H,14,17)(H,15,20)(H,18,19). The lowest BCUT2D eigenvalue weighted by Gasteiger charge is -2.17. The summed E-state index contributed by atoms with van der Waals surface area (Å²) in [6, 6.07) is 0.887. The highest BCUT2D eigenvalue weighted by molar-refractivity contribution is 7.14. The van der Waals surface area contributed by atoms with Gasteiger partial charge in [-0.25, -0.2) is 9.59 Å². The zero-order chi connectivity index (χ0) is 16.0. The third-order valence-corrected chi connectivity index (χ3v) is 3.38. The smallest absolute Gasteiger partial charge is 0.338 e. The van der Waals surface area contributed by atoms with Crippen LogP contribution in [-0.2, 0) is 4.79 Å². The summed E-state index contributed by atoms with van der Waals surface area (Å²) in [7, 11) is 1.47. The fraction of sp³-hybridized carbons (Fsp3) is 0.462. The van der Waals surface area contributed by atoms with Gasteiger partial charge in [-0.2, -0.15) is 0 Å². The lowest BCUT2D eigenvalue weighted by atomic mass is 10.2. The van der Waals surface area contributed by atoms with Gasteiger partial charge in [0.1, 0.15) is 11.5 Å². The van der Waals surface area contributed by atoms with E-state index in [0.717, 1.165) is 11.3 Å². The van der Waals surface area contributed by atoms with E-state index in [1.54, 1.807) is 5.38 Å². The maximum absolute atomic E-state index is 11.9. The Bertz CT molecular complexity index is 527. The summed E-state index contributed by atoms with van der Waals surface area (Å²) in [5.74, 6) is -1.04. The molecule has 0 aliphatic rings. The molecule has 0 saturated carbocycles. The molecule has 3 N–H and O–H groups in total. The Morgan fingerprint density at radius 3 is 2.62 bits per heavy atom. The average molecular weight is 313 g/mol. The number of carbonyl (C=O) groups is 3. The first-order chi connectivity index (χ1) is 9.81. The Balaban J connectivity index is 2.53. The molecule has 21 heavy (non-hydrogen) atoms.